The van der Waals surface area contributed by atoms with Gasteiger partial charge in [-0.1, -0.05) is 48.5 Å². The Morgan fingerprint density at radius 3 is 2.30 bits per heavy atom. The van der Waals surface area contributed by atoms with E-state index < -0.39 is 12.1 Å². The van der Waals surface area contributed by atoms with Crippen LogP contribution in [-0.2, 0) is 24.2 Å². The molecule has 0 aliphatic carbocycles. The standard InChI is InChI=1S/C27H27N3O3/c1-18-16-20-7-2-3-8-21(20)17-30(18)26(31)25-24-9-5-4-6-19(24)14-15-29(25)27(32)33-23-12-10-22(28)11-13-23/h2-13,18,25H,14-17,28H2,1H3/t18-,25?/m1/s1. The number of benzene rings is 3. The number of anilines is 1. The Labute approximate surface area is 193 Å². The number of rotatable bonds is 2. The summed E-state index contributed by atoms with van der Waals surface area (Å²) in [7, 11) is 0. The van der Waals surface area contributed by atoms with Crippen LogP contribution in [0.1, 0.15) is 35.2 Å². The van der Waals surface area contributed by atoms with Crippen molar-refractivity contribution in [2.45, 2.75) is 38.4 Å². The van der Waals surface area contributed by atoms with Crippen molar-refractivity contribution in [1.29, 1.82) is 0 Å². The molecule has 0 radical (unpaired) electrons. The highest BCUT2D eigenvalue weighted by Crippen LogP contribution is 2.35. The Hall–Kier alpha value is -3.80. The van der Waals surface area contributed by atoms with Crippen molar-refractivity contribution in [2.24, 2.45) is 0 Å². The van der Waals surface area contributed by atoms with Crippen LogP contribution in [0.15, 0.2) is 72.8 Å². The maximum atomic E-state index is 14.0. The molecule has 2 atom stereocenters. The number of hydrogen-bond acceptors (Lipinski definition) is 4. The third-order valence-corrected chi connectivity index (χ3v) is 6.63. The second kappa shape index (κ2) is 8.62. The van der Waals surface area contributed by atoms with Crippen LogP contribution in [0.25, 0.3) is 0 Å². The molecule has 3 aromatic rings. The normalized spacial score (nSPS) is 19.4. The molecule has 0 spiro atoms. The molecule has 2 N–H and O–H groups in total. The van der Waals surface area contributed by atoms with Crippen molar-refractivity contribution in [2.75, 3.05) is 12.3 Å². The highest BCUT2D eigenvalue weighted by atomic mass is 16.6. The van der Waals surface area contributed by atoms with Crippen molar-refractivity contribution in [3.8, 4) is 5.75 Å². The third-order valence-electron chi connectivity index (χ3n) is 6.63. The lowest BCUT2D eigenvalue weighted by Gasteiger charge is -2.42. The van der Waals surface area contributed by atoms with Gasteiger partial charge < -0.3 is 15.4 Å². The van der Waals surface area contributed by atoms with E-state index >= 15 is 0 Å². The zero-order valence-electron chi connectivity index (χ0n) is 18.6. The van der Waals surface area contributed by atoms with Gasteiger partial charge in [0.25, 0.3) is 5.91 Å². The number of nitrogens with zero attached hydrogens (tertiary/aromatic N) is 2. The number of carbonyl (C=O) groups is 2. The van der Waals surface area contributed by atoms with Crippen molar-refractivity contribution < 1.29 is 14.3 Å². The molecule has 0 saturated carbocycles. The number of carbonyl (C=O) groups excluding carboxylic acids is 2. The topological polar surface area (TPSA) is 75.9 Å². The summed E-state index contributed by atoms with van der Waals surface area (Å²) in [5.41, 5.74) is 10.7. The summed E-state index contributed by atoms with van der Waals surface area (Å²) in [5, 5.41) is 0. The number of fused-ring (bicyclic) bond motifs is 2. The molecule has 2 aliphatic rings. The van der Waals surface area contributed by atoms with Crippen LogP contribution in [-0.4, -0.2) is 34.4 Å². The number of nitrogens with two attached hydrogens (primary N) is 1. The Morgan fingerprint density at radius 1 is 0.879 bits per heavy atom. The van der Waals surface area contributed by atoms with Crippen LogP contribution < -0.4 is 10.5 Å². The molecule has 1 unspecified atom stereocenters. The molecule has 5 rings (SSSR count). The average molecular weight is 442 g/mol. The summed E-state index contributed by atoms with van der Waals surface area (Å²) in [6.45, 7) is 3.02. The summed E-state index contributed by atoms with van der Waals surface area (Å²) in [6, 6.07) is 22.1. The van der Waals surface area contributed by atoms with Gasteiger partial charge in [-0.15, -0.1) is 0 Å². The van der Waals surface area contributed by atoms with Gasteiger partial charge in [-0.3, -0.25) is 9.69 Å². The van der Waals surface area contributed by atoms with Crippen LogP contribution in [0.2, 0.25) is 0 Å². The minimum absolute atomic E-state index is 0.0384. The predicted octanol–water partition coefficient (Wildman–Crippen LogP) is 4.34. The zero-order valence-corrected chi connectivity index (χ0v) is 18.6. The summed E-state index contributed by atoms with van der Waals surface area (Å²) in [4.78, 5) is 30.7. The Balaban J connectivity index is 1.46. The van der Waals surface area contributed by atoms with Gasteiger partial charge in [-0.2, -0.15) is 0 Å². The lowest BCUT2D eigenvalue weighted by atomic mass is 9.89. The van der Waals surface area contributed by atoms with E-state index in [2.05, 4.69) is 19.1 Å². The molecule has 3 aromatic carbocycles. The van der Waals surface area contributed by atoms with E-state index in [-0.39, 0.29) is 11.9 Å². The quantitative estimate of drug-likeness (QED) is 0.600. The first kappa shape index (κ1) is 21.1. The van der Waals surface area contributed by atoms with E-state index in [0.717, 1.165) is 23.1 Å². The van der Waals surface area contributed by atoms with E-state index in [1.54, 1.807) is 29.2 Å². The van der Waals surface area contributed by atoms with E-state index in [1.807, 2.05) is 41.3 Å². The first-order chi connectivity index (χ1) is 16.0. The highest BCUT2D eigenvalue weighted by Gasteiger charge is 2.41. The molecular formula is C27H27N3O3. The first-order valence-corrected chi connectivity index (χ1v) is 11.3. The van der Waals surface area contributed by atoms with Gasteiger partial charge in [0, 0.05) is 24.8 Å². The largest absolute Gasteiger partial charge is 0.416 e. The lowest BCUT2D eigenvalue weighted by Crippen LogP contribution is -2.52. The van der Waals surface area contributed by atoms with E-state index in [9.17, 15) is 9.59 Å². The molecule has 0 bridgehead atoms. The molecule has 2 amide bonds. The van der Waals surface area contributed by atoms with E-state index in [1.165, 1.54) is 5.56 Å². The Bertz CT molecular complexity index is 1190. The van der Waals surface area contributed by atoms with Gasteiger partial charge in [-0.05, 0) is 66.3 Å². The molecule has 2 aliphatic heterocycles. The number of hydrogen-bond donors (Lipinski definition) is 1. The van der Waals surface area contributed by atoms with Crippen LogP contribution in [0.5, 0.6) is 5.75 Å². The molecule has 6 nitrogen and oxygen atoms in total. The number of ether oxygens (including phenoxy) is 1. The maximum Gasteiger partial charge on any atom is 0.416 e. The van der Waals surface area contributed by atoms with Crippen molar-refractivity contribution in [1.82, 2.24) is 9.80 Å². The molecule has 0 saturated heterocycles. The van der Waals surface area contributed by atoms with E-state index in [4.69, 9.17) is 10.5 Å². The van der Waals surface area contributed by atoms with Crippen LogP contribution >= 0.6 is 0 Å². The monoisotopic (exact) mass is 441 g/mol. The molecule has 0 fully saturated rings. The van der Waals surface area contributed by atoms with Gasteiger partial charge >= 0.3 is 6.09 Å². The van der Waals surface area contributed by atoms with Crippen molar-refractivity contribution >= 4 is 17.7 Å². The smallest absolute Gasteiger partial charge is 0.410 e. The minimum atomic E-state index is -0.719. The fourth-order valence-electron chi connectivity index (χ4n) is 4.86. The SMILES string of the molecule is C[C@@H]1Cc2ccccc2CN1C(=O)C1c2ccccc2CCN1C(=O)Oc1ccc(N)cc1. The molecule has 2 heterocycles. The second-order valence-electron chi connectivity index (χ2n) is 8.77. The minimum Gasteiger partial charge on any atom is -0.410 e. The maximum absolute atomic E-state index is 14.0. The number of amides is 2. The third kappa shape index (κ3) is 4.04. The summed E-state index contributed by atoms with van der Waals surface area (Å²) >= 11 is 0. The zero-order chi connectivity index (χ0) is 22.9. The summed E-state index contributed by atoms with van der Waals surface area (Å²) in [5.74, 6) is 0.331. The van der Waals surface area contributed by atoms with Crippen LogP contribution in [0.3, 0.4) is 0 Å². The van der Waals surface area contributed by atoms with Crippen LogP contribution in [0, 0.1) is 0 Å². The van der Waals surface area contributed by atoms with Gasteiger partial charge in [0.1, 0.15) is 11.8 Å². The van der Waals surface area contributed by atoms with Crippen LogP contribution in [0.4, 0.5) is 10.5 Å². The van der Waals surface area contributed by atoms with Crippen molar-refractivity contribution in [3.63, 3.8) is 0 Å². The molecule has 0 aromatic heterocycles. The fraction of sp³-hybridized carbons (Fsp3) is 0.259. The molecule has 6 heteroatoms. The molecule has 33 heavy (non-hydrogen) atoms. The summed E-state index contributed by atoms with van der Waals surface area (Å²) in [6.07, 6.45) is 0.944. The average Bonchev–Trinajstić information content (AvgIpc) is 2.83. The first-order valence-electron chi connectivity index (χ1n) is 11.3. The number of nitrogen functional groups attached to an aromatic ring is 1. The van der Waals surface area contributed by atoms with Gasteiger partial charge in [0.2, 0.25) is 0 Å². The molecule has 168 valence electrons. The lowest BCUT2D eigenvalue weighted by molar-refractivity contribution is -0.140. The Morgan fingerprint density at radius 2 is 1.55 bits per heavy atom. The van der Waals surface area contributed by atoms with Crippen molar-refractivity contribution in [3.05, 3.63) is 95.1 Å². The molecular weight excluding hydrogens is 414 g/mol. The van der Waals surface area contributed by atoms with Gasteiger partial charge in [-0.25, -0.2) is 4.79 Å². The highest BCUT2D eigenvalue weighted by molar-refractivity contribution is 5.88. The van der Waals surface area contributed by atoms with E-state index in [0.29, 0.717) is 30.9 Å². The Kier molecular flexibility index (Phi) is 5.50. The predicted molar refractivity (Wildman–Crippen MR) is 127 cm³/mol. The summed E-state index contributed by atoms with van der Waals surface area (Å²) < 4.78 is 5.64. The van der Waals surface area contributed by atoms with Gasteiger partial charge in [0.05, 0.1) is 0 Å². The second-order valence-corrected chi connectivity index (χ2v) is 8.77. The fourth-order valence-corrected chi connectivity index (χ4v) is 4.86. The van der Waals surface area contributed by atoms with Gasteiger partial charge in [0.15, 0.2) is 0 Å².